The number of nitrogens with one attached hydrogen (secondary N) is 1. The maximum Gasteiger partial charge on any atom is 0.335 e. The van der Waals surface area contributed by atoms with E-state index in [4.69, 9.17) is 14.6 Å². The zero-order valence-corrected chi connectivity index (χ0v) is 15.9. The largest absolute Gasteiger partial charge is 0.468 e. The molecule has 7 nitrogen and oxygen atoms in total. The SMILES string of the molecule is COC(=O)C1=C(C)NC(C)C(C(=O)OC)(c2ccc(C(=O)SN)cc2)C1. The van der Waals surface area contributed by atoms with Crippen LogP contribution in [0.5, 0.6) is 0 Å². The molecule has 1 aliphatic rings. The Balaban J connectivity index is 2.57. The summed E-state index contributed by atoms with van der Waals surface area (Å²) in [7, 11) is 2.61. The number of nitrogens with two attached hydrogens (primary N) is 1. The minimum Gasteiger partial charge on any atom is -0.468 e. The molecule has 0 saturated heterocycles. The summed E-state index contributed by atoms with van der Waals surface area (Å²) < 4.78 is 9.92. The fourth-order valence-corrected chi connectivity index (χ4v) is 3.59. The van der Waals surface area contributed by atoms with Crippen LogP contribution in [0.15, 0.2) is 35.5 Å². The van der Waals surface area contributed by atoms with Crippen molar-refractivity contribution in [3.05, 3.63) is 46.7 Å². The van der Waals surface area contributed by atoms with E-state index in [1.807, 2.05) is 6.92 Å². The fraction of sp³-hybridized carbons (Fsp3) is 0.389. The van der Waals surface area contributed by atoms with Gasteiger partial charge in [-0.1, -0.05) is 24.3 Å². The van der Waals surface area contributed by atoms with Crippen molar-refractivity contribution in [3.8, 4) is 0 Å². The Bertz CT molecular complexity index is 759. The third-order valence-corrected chi connectivity index (χ3v) is 5.25. The van der Waals surface area contributed by atoms with Crippen LogP contribution in [-0.2, 0) is 24.5 Å². The van der Waals surface area contributed by atoms with Crippen molar-refractivity contribution < 1.29 is 23.9 Å². The van der Waals surface area contributed by atoms with Gasteiger partial charge in [0.1, 0.15) is 5.41 Å². The number of ether oxygens (including phenoxy) is 2. The number of carbonyl (C=O) groups excluding carboxylic acids is 3. The van der Waals surface area contributed by atoms with Gasteiger partial charge in [0.25, 0.3) is 0 Å². The molecule has 1 heterocycles. The average molecular weight is 378 g/mol. The summed E-state index contributed by atoms with van der Waals surface area (Å²) in [5, 5.41) is 8.22. The number of benzene rings is 1. The summed E-state index contributed by atoms with van der Waals surface area (Å²) in [6.07, 6.45) is 0.130. The van der Waals surface area contributed by atoms with E-state index in [0.29, 0.717) is 34.3 Å². The summed E-state index contributed by atoms with van der Waals surface area (Å²) in [5.41, 5.74) is 0.980. The smallest absolute Gasteiger partial charge is 0.335 e. The highest BCUT2D eigenvalue weighted by atomic mass is 32.2. The minimum absolute atomic E-state index is 0.130. The summed E-state index contributed by atoms with van der Waals surface area (Å²) in [6.45, 7) is 3.62. The number of rotatable bonds is 4. The third-order valence-electron chi connectivity index (χ3n) is 4.80. The van der Waals surface area contributed by atoms with Crippen LogP contribution in [0.4, 0.5) is 0 Å². The first kappa shape index (κ1) is 20.0. The van der Waals surface area contributed by atoms with Crippen molar-refractivity contribution in [2.24, 2.45) is 5.14 Å². The van der Waals surface area contributed by atoms with Crippen LogP contribution in [-0.4, -0.2) is 37.3 Å². The predicted octanol–water partition coefficient (Wildman–Crippen LogP) is 1.67. The van der Waals surface area contributed by atoms with Gasteiger partial charge in [0, 0.05) is 23.7 Å². The molecule has 2 atom stereocenters. The molecular weight excluding hydrogens is 356 g/mol. The van der Waals surface area contributed by atoms with E-state index in [1.165, 1.54) is 14.2 Å². The molecule has 0 aromatic heterocycles. The van der Waals surface area contributed by atoms with E-state index in [1.54, 1.807) is 31.2 Å². The van der Waals surface area contributed by atoms with Gasteiger partial charge in [0.05, 0.1) is 19.8 Å². The summed E-state index contributed by atoms with van der Waals surface area (Å²) >= 11 is 0.626. The number of hydrogen-bond acceptors (Lipinski definition) is 8. The second kappa shape index (κ2) is 7.92. The lowest BCUT2D eigenvalue weighted by Gasteiger charge is -2.42. The van der Waals surface area contributed by atoms with Gasteiger partial charge in [-0.15, -0.1) is 0 Å². The second-order valence-corrected chi connectivity index (χ2v) is 6.69. The standard InChI is InChI=1S/C18H22N2O5S/c1-10-14(15(21)24-3)9-18(11(2)20-10,17(23)25-4)13-7-5-12(6-8-13)16(22)26-19/h5-8,11,20H,9,19H2,1-4H3. The number of carbonyl (C=O) groups is 3. The van der Waals surface area contributed by atoms with Gasteiger partial charge in [0.15, 0.2) is 0 Å². The molecule has 0 bridgehead atoms. The van der Waals surface area contributed by atoms with Crippen molar-refractivity contribution in [2.45, 2.75) is 31.7 Å². The van der Waals surface area contributed by atoms with Gasteiger partial charge >= 0.3 is 11.9 Å². The molecule has 8 heteroatoms. The van der Waals surface area contributed by atoms with E-state index in [0.717, 1.165) is 0 Å². The molecule has 0 fully saturated rings. The van der Waals surface area contributed by atoms with Crippen molar-refractivity contribution in [2.75, 3.05) is 14.2 Å². The van der Waals surface area contributed by atoms with E-state index in [2.05, 4.69) is 5.32 Å². The summed E-state index contributed by atoms with van der Waals surface area (Å²) in [6, 6.07) is 6.26. The van der Waals surface area contributed by atoms with Crippen LogP contribution in [0.1, 0.15) is 36.2 Å². The normalized spacial score (nSPS) is 22.4. The van der Waals surface area contributed by atoms with Crippen molar-refractivity contribution >= 4 is 29.0 Å². The van der Waals surface area contributed by atoms with Gasteiger partial charge < -0.3 is 14.8 Å². The highest BCUT2D eigenvalue weighted by Crippen LogP contribution is 2.40. The highest BCUT2D eigenvalue weighted by molar-refractivity contribution is 8.12. The Morgan fingerprint density at radius 1 is 1.19 bits per heavy atom. The third kappa shape index (κ3) is 3.34. The summed E-state index contributed by atoms with van der Waals surface area (Å²) in [5.74, 6) is -0.972. The molecular formula is C18H22N2O5S. The predicted molar refractivity (Wildman–Crippen MR) is 98.2 cm³/mol. The van der Waals surface area contributed by atoms with Gasteiger partial charge in [0.2, 0.25) is 5.12 Å². The molecule has 0 saturated carbocycles. The van der Waals surface area contributed by atoms with E-state index in [9.17, 15) is 14.4 Å². The Kier molecular flexibility index (Phi) is 6.09. The topological polar surface area (TPSA) is 108 Å². The van der Waals surface area contributed by atoms with Gasteiger partial charge in [-0.25, -0.2) is 4.79 Å². The Morgan fingerprint density at radius 3 is 2.31 bits per heavy atom. The molecule has 26 heavy (non-hydrogen) atoms. The maximum absolute atomic E-state index is 12.8. The average Bonchev–Trinajstić information content (AvgIpc) is 2.66. The first-order valence-electron chi connectivity index (χ1n) is 7.96. The molecule has 140 valence electrons. The maximum atomic E-state index is 12.8. The molecule has 3 N–H and O–H groups in total. The molecule has 1 aromatic carbocycles. The van der Waals surface area contributed by atoms with Crippen molar-refractivity contribution in [3.63, 3.8) is 0 Å². The summed E-state index contributed by atoms with van der Waals surface area (Å²) in [4.78, 5) is 36.7. The van der Waals surface area contributed by atoms with Gasteiger partial charge in [-0.05, 0) is 31.4 Å². The van der Waals surface area contributed by atoms with Crippen molar-refractivity contribution in [1.29, 1.82) is 0 Å². The monoisotopic (exact) mass is 378 g/mol. The van der Waals surface area contributed by atoms with Crippen LogP contribution >= 0.6 is 11.9 Å². The Morgan fingerprint density at radius 2 is 1.81 bits per heavy atom. The van der Waals surface area contributed by atoms with Crippen LogP contribution in [0.3, 0.4) is 0 Å². The number of methoxy groups -OCH3 is 2. The van der Waals surface area contributed by atoms with E-state index < -0.39 is 17.4 Å². The van der Waals surface area contributed by atoms with Crippen LogP contribution < -0.4 is 10.5 Å². The molecule has 2 rings (SSSR count). The molecule has 0 spiro atoms. The molecule has 1 aromatic rings. The Labute approximate surface area is 156 Å². The zero-order chi connectivity index (χ0) is 19.5. The minimum atomic E-state index is -1.13. The fourth-order valence-electron chi connectivity index (χ4n) is 3.32. The van der Waals surface area contributed by atoms with Crippen LogP contribution in [0.25, 0.3) is 0 Å². The zero-order valence-electron chi connectivity index (χ0n) is 15.1. The lowest BCUT2D eigenvalue weighted by molar-refractivity contribution is -0.149. The van der Waals surface area contributed by atoms with Crippen LogP contribution in [0.2, 0.25) is 0 Å². The second-order valence-electron chi connectivity index (χ2n) is 6.08. The molecule has 0 aliphatic carbocycles. The van der Waals surface area contributed by atoms with Gasteiger partial charge in [-0.3, -0.25) is 14.7 Å². The quantitative estimate of drug-likeness (QED) is 0.602. The van der Waals surface area contributed by atoms with E-state index in [-0.39, 0.29) is 17.6 Å². The number of allylic oxidation sites excluding steroid dienone is 1. The molecule has 1 aliphatic heterocycles. The number of hydrogen-bond donors (Lipinski definition) is 2. The van der Waals surface area contributed by atoms with Crippen LogP contribution in [0, 0.1) is 0 Å². The lowest BCUT2D eigenvalue weighted by Crippen LogP contribution is -2.55. The first-order valence-corrected chi connectivity index (χ1v) is 8.84. The highest BCUT2D eigenvalue weighted by Gasteiger charge is 2.50. The molecule has 2 unspecified atom stereocenters. The van der Waals surface area contributed by atoms with E-state index >= 15 is 0 Å². The Hall–Kier alpha value is -2.32. The van der Waals surface area contributed by atoms with Crippen molar-refractivity contribution in [1.82, 2.24) is 5.32 Å². The molecule has 0 radical (unpaired) electrons. The van der Waals surface area contributed by atoms with Gasteiger partial charge in [-0.2, -0.15) is 0 Å². The number of esters is 2. The molecule has 0 amide bonds. The lowest BCUT2D eigenvalue weighted by atomic mass is 9.68. The first-order chi connectivity index (χ1) is 12.3.